The maximum atomic E-state index is 9.56. The molecule has 2 atom stereocenters. The second-order valence-electron chi connectivity index (χ2n) is 3.24. The summed E-state index contributed by atoms with van der Waals surface area (Å²) in [4.78, 5) is 0. The van der Waals surface area contributed by atoms with Crippen LogP contribution in [0.5, 0.6) is 0 Å². The lowest BCUT2D eigenvalue weighted by Gasteiger charge is -2.13. The molecular formula is C10H20Cl2O2S3. The zero-order valence-electron chi connectivity index (χ0n) is 9.69. The van der Waals surface area contributed by atoms with Crippen LogP contribution in [0, 0.1) is 0 Å². The van der Waals surface area contributed by atoms with Gasteiger partial charge < -0.3 is 10.2 Å². The average Bonchev–Trinajstić information content (AvgIpc) is 2.35. The van der Waals surface area contributed by atoms with Crippen LogP contribution in [0.4, 0.5) is 0 Å². The van der Waals surface area contributed by atoms with Gasteiger partial charge in [-0.3, -0.25) is 0 Å². The number of hydrogen-bond donors (Lipinski definition) is 2. The average molecular weight is 339 g/mol. The van der Waals surface area contributed by atoms with E-state index in [1.807, 2.05) is 0 Å². The number of rotatable bonds is 12. The van der Waals surface area contributed by atoms with E-state index in [4.69, 9.17) is 28.3 Å². The molecule has 0 fully saturated rings. The van der Waals surface area contributed by atoms with Crippen molar-refractivity contribution in [2.24, 2.45) is 0 Å². The Morgan fingerprint density at radius 3 is 2.24 bits per heavy atom. The minimum absolute atomic E-state index is 0.193. The van der Waals surface area contributed by atoms with Crippen molar-refractivity contribution in [2.45, 2.75) is 17.1 Å². The number of hydrogen-bond acceptors (Lipinski definition) is 5. The van der Waals surface area contributed by atoms with E-state index >= 15 is 0 Å². The van der Waals surface area contributed by atoms with E-state index in [0.717, 1.165) is 29.4 Å². The lowest BCUT2D eigenvalue weighted by atomic mass is 10.5. The largest absolute Gasteiger partial charge is 0.395 e. The van der Waals surface area contributed by atoms with E-state index in [-0.39, 0.29) is 17.3 Å². The van der Waals surface area contributed by atoms with Crippen molar-refractivity contribution in [2.75, 3.05) is 41.4 Å². The third-order valence-electron chi connectivity index (χ3n) is 1.83. The van der Waals surface area contributed by atoms with Crippen LogP contribution in [0.15, 0.2) is 0 Å². The second-order valence-corrected chi connectivity index (χ2v) is 7.84. The van der Waals surface area contributed by atoms with Gasteiger partial charge >= 0.3 is 0 Å². The molecule has 0 aromatic carbocycles. The Morgan fingerprint density at radius 1 is 1.00 bits per heavy atom. The highest BCUT2D eigenvalue weighted by Gasteiger charge is 2.09. The van der Waals surface area contributed by atoms with Crippen LogP contribution in [0.25, 0.3) is 0 Å². The molecule has 0 bridgehead atoms. The molecule has 0 saturated heterocycles. The van der Waals surface area contributed by atoms with E-state index in [0.29, 0.717) is 11.8 Å². The first-order chi connectivity index (χ1) is 8.24. The zero-order chi connectivity index (χ0) is 12.9. The molecule has 2 unspecified atom stereocenters. The first-order valence-electron chi connectivity index (χ1n) is 5.46. The topological polar surface area (TPSA) is 40.5 Å². The molecule has 0 aliphatic rings. The molecule has 7 heteroatoms. The highest BCUT2D eigenvalue weighted by molar-refractivity contribution is 8.03. The standard InChI is InChI=1S/C10H20Cl2O2S3/c11-2-5-16-9(7-13)8-15-4-1-10(14)17-6-3-12/h9-10,13-14H,1-8H2. The zero-order valence-corrected chi connectivity index (χ0v) is 13.6. The summed E-state index contributed by atoms with van der Waals surface area (Å²) in [5.41, 5.74) is -0.315. The second kappa shape index (κ2) is 14.0. The number of aliphatic hydroxyl groups excluding tert-OH is 2. The Bertz CT molecular complexity index is 166. The third kappa shape index (κ3) is 12.3. The molecular weight excluding hydrogens is 319 g/mol. The van der Waals surface area contributed by atoms with Crippen molar-refractivity contribution in [3.63, 3.8) is 0 Å². The summed E-state index contributed by atoms with van der Waals surface area (Å²) < 4.78 is 0. The fourth-order valence-electron chi connectivity index (χ4n) is 1.03. The van der Waals surface area contributed by atoms with Crippen molar-refractivity contribution in [1.82, 2.24) is 0 Å². The summed E-state index contributed by atoms with van der Waals surface area (Å²) in [6.07, 6.45) is 0.768. The Hall–Kier alpha value is 1.55. The molecule has 2 N–H and O–H groups in total. The highest BCUT2D eigenvalue weighted by Crippen LogP contribution is 2.19. The van der Waals surface area contributed by atoms with Crippen molar-refractivity contribution in [3.8, 4) is 0 Å². The van der Waals surface area contributed by atoms with Crippen molar-refractivity contribution < 1.29 is 10.2 Å². The van der Waals surface area contributed by atoms with Crippen LogP contribution in [0.2, 0.25) is 0 Å². The molecule has 0 saturated carbocycles. The Labute approximate surface area is 127 Å². The van der Waals surface area contributed by atoms with Gasteiger partial charge in [-0.15, -0.1) is 35.0 Å². The van der Waals surface area contributed by atoms with E-state index in [9.17, 15) is 5.11 Å². The number of thioether (sulfide) groups is 3. The summed E-state index contributed by atoms with van der Waals surface area (Å²) in [7, 11) is 0. The van der Waals surface area contributed by atoms with Gasteiger partial charge in [0, 0.05) is 34.3 Å². The maximum Gasteiger partial charge on any atom is 0.100 e. The quantitative estimate of drug-likeness (QED) is 0.325. The van der Waals surface area contributed by atoms with E-state index < -0.39 is 0 Å². The smallest absolute Gasteiger partial charge is 0.100 e. The predicted molar refractivity (Wildman–Crippen MR) is 85.2 cm³/mol. The Morgan fingerprint density at radius 2 is 1.65 bits per heavy atom. The van der Waals surface area contributed by atoms with Crippen LogP contribution in [0.1, 0.15) is 6.42 Å². The van der Waals surface area contributed by atoms with Gasteiger partial charge in [0.25, 0.3) is 0 Å². The lowest BCUT2D eigenvalue weighted by Crippen LogP contribution is -2.14. The molecule has 0 spiro atoms. The van der Waals surface area contributed by atoms with E-state index in [1.54, 1.807) is 23.5 Å². The fourth-order valence-corrected chi connectivity index (χ4v) is 4.48. The van der Waals surface area contributed by atoms with Crippen molar-refractivity contribution >= 4 is 58.5 Å². The SMILES string of the molecule is OCC(CSCCC(O)SCCCl)SCCCl. The highest BCUT2D eigenvalue weighted by atomic mass is 35.5. The summed E-state index contributed by atoms with van der Waals surface area (Å²) in [5.74, 6) is 4.69. The Kier molecular flexibility index (Phi) is 15.2. The van der Waals surface area contributed by atoms with Crippen molar-refractivity contribution in [1.29, 1.82) is 0 Å². The van der Waals surface area contributed by atoms with Gasteiger partial charge in [0.05, 0.1) is 6.61 Å². The lowest BCUT2D eigenvalue weighted by molar-refractivity contribution is 0.261. The first-order valence-corrected chi connectivity index (χ1v) is 9.78. The predicted octanol–water partition coefficient (Wildman–Crippen LogP) is 2.73. The summed E-state index contributed by atoms with van der Waals surface area (Å²) in [6.45, 7) is 0.193. The van der Waals surface area contributed by atoms with Crippen LogP contribution in [0.3, 0.4) is 0 Å². The molecule has 0 aliphatic heterocycles. The van der Waals surface area contributed by atoms with Gasteiger partial charge in [0.15, 0.2) is 0 Å². The number of aliphatic hydroxyl groups is 2. The van der Waals surface area contributed by atoms with Gasteiger partial charge in [-0.05, 0) is 12.2 Å². The molecule has 0 aromatic heterocycles. The molecule has 17 heavy (non-hydrogen) atoms. The molecule has 2 nitrogen and oxygen atoms in total. The van der Waals surface area contributed by atoms with Crippen LogP contribution in [-0.4, -0.2) is 62.3 Å². The molecule has 0 heterocycles. The van der Waals surface area contributed by atoms with E-state index in [1.165, 1.54) is 11.8 Å². The molecule has 0 rings (SSSR count). The summed E-state index contributed by atoms with van der Waals surface area (Å²) >= 11 is 16.1. The maximum absolute atomic E-state index is 9.56. The van der Waals surface area contributed by atoms with Gasteiger partial charge in [0.1, 0.15) is 5.44 Å². The Balaban J connectivity index is 3.40. The first kappa shape index (κ1) is 18.6. The normalized spacial score (nSPS) is 14.8. The molecule has 0 radical (unpaired) electrons. The molecule has 104 valence electrons. The van der Waals surface area contributed by atoms with Gasteiger partial charge in [-0.25, -0.2) is 0 Å². The number of alkyl halides is 2. The minimum Gasteiger partial charge on any atom is -0.395 e. The summed E-state index contributed by atoms with van der Waals surface area (Å²) in [5, 5.41) is 19.0. The molecule has 0 aromatic rings. The number of halogens is 2. The van der Waals surface area contributed by atoms with Crippen molar-refractivity contribution in [3.05, 3.63) is 0 Å². The van der Waals surface area contributed by atoms with Crippen LogP contribution in [-0.2, 0) is 0 Å². The monoisotopic (exact) mass is 338 g/mol. The summed E-state index contributed by atoms with van der Waals surface area (Å²) in [6, 6.07) is 0. The third-order valence-corrected chi connectivity index (χ3v) is 6.32. The van der Waals surface area contributed by atoms with Gasteiger partial charge in [-0.1, -0.05) is 0 Å². The van der Waals surface area contributed by atoms with Gasteiger partial charge in [-0.2, -0.15) is 23.5 Å². The molecule has 0 aliphatic carbocycles. The van der Waals surface area contributed by atoms with E-state index in [2.05, 4.69) is 0 Å². The fraction of sp³-hybridized carbons (Fsp3) is 1.00. The van der Waals surface area contributed by atoms with Crippen LogP contribution < -0.4 is 0 Å². The van der Waals surface area contributed by atoms with Gasteiger partial charge in [0.2, 0.25) is 0 Å². The minimum atomic E-state index is -0.315. The van der Waals surface area contributed by atoms with Crippen LogP contribution >= 0.6 is 58.5 Å². The molecule has 0 amide bonds.